The van der Waals surface area contributed by atoms with Crippen molar-refractivity contribution in [3.05, 3.63) is 63.6 Å². The van der Waals surface area contributed by atoms with Gasteiger partial charge in [0, 0.05) is 13.1 Å². The van der Waals surface area contributed by atoms with Gasteiger partial charge >= 0.3 is 0 Å². The lowest BCUT2D eigenvalue weighted by Crippen LogP contribution is -2.50. The number of hydrogen-bond donors (Lipinski definition) is 1. The maximum Gasteiger partial charge on any atom is 0.261 e. The van der Waals surface area contributed by atoms with Crippen LogP contribution in [-0.4, -0.2) is 35.9 Å². The molecule has 1 N–H and O–H groups in total. The normalized spacial score (nSPS) is 11.8. The minimum absolute atomic E-state index is 0.167. The van der Waals surface area contributed by atoms with E-state index < -0.39 is 6.04 Å². The van der Waals surface area contributed by atoms with Crippen LogP contribution in [0.2, 0.25) is 10.0 Å². The van der Waals surface area contributed by atoms with Crippen molar-refractivity contribution in [1.29, 1.82) is 0 Å². The second-order valence-corrected chi connectivity index (χ2v) is 8.70. The molecule has 0 bridgehead atoms. The second-order valence-electron chi connectivity index (χ2n) is 7.89. The summed E-state index contributed by atoms with van der Waals surface area (Å²) >= 11 is 12.2. The molecule has 2 amide bonds. The number of halogens is 2. The Kier molecular flexibility index (Phi) is 9.66. The summed E-state index contributed by atoms with van der Waals surface area (Å²) in [6.07, 6.45) is 0.474. The predicted octanol–water partition coefficient (Wildman–Crippen LogP) is 5.26. The first-order chi connectivity index (χ1) is 14.7. The molecule has 0 fully saturated rings. The average molecular weight is 465 g/mol. The van der Waals surface area contributed by atoms with Gasteiger partial charge in [-0.15, -0.1) is 0 Å². The van der Waals surface area contributed by atoms with E-state index >= 15 is 0 Å². The van der Waals surface area contributed by atoms with Gasteiger partial charge in [0.05, 0.1) is 10.0 Å². The van der Waals surface area contributed by atoms with Crippen molar-refractivity contribution in [2.45, 2.75) is 46.7 Å². The third-order valence-electron chi connectivity index (χ3n) is 4.85. The summed E-state index contributed by atoms with van der Waals surface area (Å²) in [4.78, 5) is 27.6. The molecule has 0 aromatic heterocycles. The Hall–Kier alpha value is -2.24. The summed E-state index contributed by atoms with van der Waals surface area (Å²) in [5, 5.41) is 3.78. The molecule has 5 nitrogen and oxygen atoms in total. The number of rotatable bonds is 10. The van der Waals surface area contributed by atoms with Gasteiger partial charge in [-0.3, -0.25) is 9.59 Å². The summed E-state index contributed by atoms with van der Waals surface area (Å²) in [7, 11) is 0. The number of nitrogens with one attached hydrogen (secondary N) is 1. The SMILES string of the molecule is CC[C@H](C(=O)NCC(C)C)N(Cc1ccc(Cl)c(Cl)c1)C(=O)COc1ccccc1C. The van der Waals surface area contributed by atoms with Crippen LogP contribution < -0.4 is 10.1 Å². The van der Waals surface area contributed by atoms with Crippen LogP contribution in [0.3, 0.4) is 0 Å². The van der Waals surface area contributed by atoms with E-state index in [0.717, 1.165) is 11.1 Å². The number of aryl methyl sites for hydroxylation is 1. The smallest absolute Gasteiger partial charge is 0.261 e. The van der Waals surface area contributed by atoms with Gasteiger partial charge in [0.15, 0.2) is 6.61 Å². The maximum absolute atomic E-state index is 13.2. The molecule has 168 valence electrons. The molecule has 2 aromatic carbocycles. The molecule has 0 saturated heterocycles. The molecule has 31 heavy (non-hydrogen) atoms. The monoisotopic (exact) mass is 464 g/mol. The van der Waals surface area contributed by atoms with Crippen LogP contribution in [0.1, 0.15) is 38.3 Å². The fourth-order valence-electron chi connectivity index (χ4n) is 3.12. The van der Waals surface area contributed by atoms with Crippen molar-refractivity contribution in [2.24, 2.45) is 5.92 Å². The molecule has 2 rings (SSSR count). The van der Waals surface area contributed by atoms with E-state index in [1.165, 1.54) is 0 Å². The topological polar surface area (TPSA) is 58.6 Å². The number of para-hydroxylation sites is 1. The zero-order chi connectivity index (χ0) is 23.0. The molecule has 0 spiro atoms. The van der Waals surface area contributed by atoms with E-state index in [9.17, 15) is 9.59 Å². The average Bonchev–Trinajstić information content (AvgIpc) is 2.73. The molecule has 0 aliphatic heterocycles. The highest BCUT2D eigenvalue weighted by Crippen LogP contribution is 2.24. The number of ether oxygens (including phenoxy) is 1. The molecule has 0 aliphatic carbocycles. The molecular formula is C24H30Cl2N2O3. The Balaban J connectivity index is 2.24. The third kappa shape index (κ3) is 7.44. The van der Waals surface area contributed by atoms with Crippen molar-refractivity contribution in [1.82, 2.24) is 10.2 Å². The summed E-state index contributed by atoms with van der Waals surface area (Å²) in [5.74, 6) is 0.495. The van der Waals surface area contributed by atoms with Gasteiger partial charge in [-0.05, 0) is 48.6 Å². The number of benzene rings is 2. The van der Waals surface area contributed by atoms with Crippen molar-refractivity contribution in [3.8, 4) is 5.75 Å². The van der Waals surface area contributed by atoms with E-state index in [1.807, 2.05) is 52.0 Å². The van der Waals surface area contributed by atoms with Crippen molar-refractivity contribution < 1.29 is 14.3 Å². The lowest BCUT2D eigenvalue weighted by molar-refractivity contribution is -0.143. The van der Waals surface area contributed by atoms with E-state index in [2.05, 4.69) is 5.32 Å². The van der Waals surface area contributed by atoms with Crippen LogP contribution in [-0.2, 0) is 16.1 Å². The lowest BCUT2D eigenvalue weighted by atomic mass is 10.1. The van der Waals surface area contributed by atoms with Gasteiger partial charge in [0.25, 0.3) is 5.91 Å². The number of carbonyl (C=O) groups is 2. The van der Waals surface area contributed by atoms with E-state index in [-0.39, 0.29) is 25.0 Å². The van der Waals surface area contributed by atoms with Crippen LogP contribution in [0.4, 0.5) is 0 Å². The van der Waals surface area contributed by atoms with Crippen LogP contribution in [0, 0.1) is 12.8 Å². The Labute approximate surface area is 194 Å². The Morgan fingerprint density at radius 2 is 1.81 bits per heavy atom. The highest BCUT2D eigenvalue weighted by Gasteiger charge is 2.29. The van der Waals surface area contributed by atoms with Crippen LogP contribution in [0.25, 0.3) is 0 Å². The molecule has 1 atom stereocenters. The molecular weight excluding hydrogens is 435 g/mol. The standard InChI is InChI=1S/C24H30Cl2N2O3/c1-5-21(24(30)27-13-16(2)3)28(14-18-10-11-19(25)20(26)12-18)23(29)15-31-22-9-7-6-8-17(22)4/h6-12,16,21H,5,13-15H2,1-4H3,(H,27,30)/t21-/m1/s1. The first-order valence-electron chi connectivity index (χ1n) is 10.4. The number of hydrogen-bond acceptors (Lipinski definition) is 3. The third-order valence-corrected chi connectivity index (χ3v) is 5.59. The number of nitrogens with zero attached hydrogens (tertiary/aromatic N) is 1. The van der Waals surface area contributed by atoms with E-state index in [1.54, 1.807) is 23.1 Å². The Morgan fingerprint density at radius 1 is 1.10 bits per heavy atom. The van der Waals surface area contributed by atoms with E-state index in [0.29, 0.717) is 34.7 Å². The van der Waals surface area contributed by atoms with Crippen LogP contribution in [0.5, 0.6) is 5.75 Å². The Bertz CT molecular complexity index is 902. The first kappa shape index (κ1) is 25.0. The largest absolute Gasteiger partial charge is 0.484 e. The highest BCUT2D eigenvalue weighted by atomic mass is 35.5. The highest BCUT2D eigenvalue weighted by molar-refractivity contribution is 6.42. The molecule has 0 aliphatic rings. The maximum atomic E-state index is 13.2. The quantitative estimate of drug-likeness (QED) is 0.521. The minimum atomic E-state index is -0.624. The van der Waals surface area contributed by atoms with Gasteiger partial charge in [-0.2, -0.15) is 0 Å². The first-order valence-corrected chi connectivity index (χ1v) is 11.2. The van der Waals surface area contributed by atoms with Gasteiger partial charge in [-0.1, -0.05) is 68.2 Å². The molecule has 0 saturated carbocycles. The summed E-state index contributed by atoms with van der Waals surface area (Å²) in [5.41, 5.74) is 1.72. The Morgan fingerprint density at radius 3 is 2.42 bits per heavy atom. The lowest BCUT2D eigenvalue weighted by Gasteiger charge is -2.31. The molecule has 7 heteroatoms. The minimum Gasteiger partial charge on any atom is -0.484 e. The van der Waals surface area contributed by atoms with Crippen molar-refractivity contribution in [2.75, 3.05) is 13.2 Å². The fraction of sp³-hybridized carbons (Fsp3) is 0.417. The van der Waals surface area contributed by atoms with Gasteiger partial charge in [-0.25, -0.2) is 0 Å². The summed E-state index contributed by atoms with van der Waals surface area (Å²) < 4.78 is 5.76. The molecule has 0 radical (unpaired) electrons. The zero-order valence-electron chi connectivity index (χ0n) is 18.5. The zero-order valence-corrected chi connectivity index (χ0v) is 20.0. The van der Waals surface area contributed by atoms with Gasteiger partial charge in [0.1, 0.15) is 11.8 Å². The predicted molar refractivity (Wildman–Crippen MR) is 126 cm³/mol. The van der Waals surface area contributed by atoms with Gasteiger partial charge < -0.3 is 15.0 Å². The number of amides is 2. The van der Waals surface area contributed by atoms with Gasteiger partial charge in [0.2, 0.25) is 5.91 Å². The van der Waals surface area contributed by atoms with E-state index in [4.69, 9.17) is 27.9 Å². The van der Waals surface area contributed by atoms with Crippen LogP contribution >= 0.6 is 23.2 Å². The van der Waals surface area contributed by atoms with Crippen LogP contribution in [0.15, 0.2) is 42.5 Å². The molecule has 0 heterocycles. The summed E-state index contributed by atoms with van der Waals surface area (Å²) in [6.45, 7) is 8.45. The molecule has 0 unspecified atom stereocenters. The number of carbonyl (C=O) groups excluding carboxylic acids is 2. The molecule has 2 aromatic rings. The fourth-order valence-corrected chi connectivity index (χ4v) is 3.44. The second kappa shape index (κ2) is 12.0. The van der Waals surface area contributed by atoms with Crippen molar-refractivity contribution in [3.63, 3.8) is 0 Å². The van der Waals surface area contributed by atoms with Crippen molar-refractivity contribution >= 4 is 35.0 Å². The summed E-state index contributed by atoms with van der Waals surface area (Å²) in [6, 6.07) is 12.1.